The van der Waals surface area contributed by atoms with E-state index in [1.54, 1.807) is 34.9 Å². The quantitative estimate of drug-likeness (QED) is 0.865. The topological polar surface area (TPSA) is 83.6 Å². The smallest absolute Gasteiger partial charge is 0.336 e. The van der Waals surface area contributed by atoms with E-state index in [9.17, 15) is 14.7 Å². The van der Waals surface area contributed by atoms with Gasteiger partial charge in [-0.05, 0) is 49.0 Å². The average Bonchev–Trinajstić information content (AvgIpc) is 2.50. The maximum absolute atomic E-state index is 12.5. The molecule has 1 aliphatic rings. The normalized spacial score (nSPS) is 15.4. The van der Waals surface area contributed by atoms with Gasteiger partial charge < -0.3 is 15.7 Å². The van der Waals surface area contributed by atoms with Crippen molar-refractivity contribution in [3.05, 3.63) is 29.3 Å². The largest absolute Gasteiger partial charge is 0.478 e. The predicted octanol–water partition coefficient (Wildman–Crippen LogP) is 1.74. The Morgan fingerprint density at radius 2 is 2.24 bits per heavy atom. The van der Waals surface area contributed by atoms with Crippen LogP contribution in [-0.4, -0.2) is 41.6 Å². The minimum Gasteiger partial charge on any atom is -0.478 e. The Morgan fingerprint density at radius 3 is 2.90 bits per heavy atom. The number of hydrogen-bond donors (Lipinski definition) is 2. The molecule has 1 amide bonds. The van der Waals surface area contributed by atoms with Gasteiger partial charge in [0, 0.05) is 12.2 Å². The summed E-state index contributed by atoms with van der Waals surface area (Å²) < 4.78 is 0. The molecule has 0 spiro atoms. The van der Waals surface area contributed by atoms with Gasteiger partial charge in [-0.15, -0.1) is 0 Å². The number of benzene rings is 1. The zero-order chi connectivity index (χ0) is 15.4. The highest BCUT2D eigenvalue weighted by molar-refractivity contribution is 7.98. The number of nitrogens with two attached hydrogens (primary N) is 1. The Balaban J connectivity index is 2.28. The molecule has 21 heavy (non-hydrogen) atoms. The van der Waals surface area contributed by atoms with Crippen molar-refractivity contribution >= 4 is 29.3 Å². The molecule has 3 N–H and O–H groups in total. The van der Waals surface area contributed by atoms with Crippen LogP contribution in [0.1, 0.15) is 28.8 Å². The van der Waals surface area contributed by atoms with E-state index in [1.165, 1.54) is 0 Å². The molecule has 0 saturated heterocycles. The number of rotatable bonds is 5. The highest BCUT2D eigenvalue weighted by Crippen LogP contribution is 2.30. The van der Waals surface area contributed by atoms with Crippen LogP contribution in [-0.2, 0) is 11.2 Å². The first kappa shape index (κ1) is 15.9. The molecule has 0 aliphatic carbocycles. The van der Waals surface area contributed by atoms with E-state index >= 15 is 0 Å². The lowest BCUT2D eigenvalue weighted by Gasteiger charge is -2.32. The molecule has 0 bridgehead atoms. The number of thioether (sulfide) groups is 1. The van der Waals surface area contributed by atoms with Crippen LogP contribution in [0.3, 0.4) is 0 Å². The molecule has 0 unspecified atom stereocenters. The van der Waals surface area contributed by atoms with Crippen LogP contribution in [0.15, 0.2) is 18.2 Å². The van der Waals surface area contributed by atoms with Crippen LogP contribution in [0.5, 0.6) is 0 Å². The van der Waals surface area contributed by atoms with Gasteiger partial charge in [-0.3, -0.25) is 4.79 Å². The fourth-order valence-electron chi connectivity index (χ4n) is 2.62. The molecule has 114 valence electrons. The van der Waals surface area contributed by atoms with Crippen molar-refractivity contribution in [1.29, 1.82) is 0 Å². The summed E-state index contributed by atoms with van der Waals surface area (Å²) in [5.74, 6) is -0.233. The minimum absolute atomic E-state index is 0.118. The van der Waals surface area contributed by atoms with Crippen molar-refractivity contribution < 1.29 is 14.7 Å². The molecular weight excluding hydrogens is 288 g/mol. The molecule has 5 nitrogen and oxygen atoms in total. The maximum atomic E-state index is 12.5. The molecule has 1 aromatic rings. The van der Waals surface area contributed by atoms with Crippen LogP contribution in [0.2, 0.25) is 0 Å². The zero-order valence-corrected chi connectivity index (χ0v) is 12.9. The van der Waals surface area contributed by atoms with E-state index in [1.807, 2.05) is 6.26 Å². The third-order valence-electron chi connectivity index (χ3n) is 3.70. The highest BCUT2D eigenvalue weighted by Gasteiger charge is 2.28. The fraction of sp³-hybridized carbons (Fsp3) is 0.467. The Labute approximate surface area is 128 Å². The number of carbonyl (C=O) groups is 2. The number of carbonyl (C=O) groups excluding carboxylic acids is 1. The van der Waals surface area contributed by atoms with Crippen molar-refractivity contribution in [3.8, 4) is 0 Å². The maximum Gasteiger partial charge on any atom is 0.336 e. The van der Waals surface area contributed by atoms with Gasteiger partial charge in [0.05, 0.1) is 11.6 Å². The summed E-state index contributed by atoms with van der Waals surface area (Å²) >= 11 is 1.66. The molecule has 0 saturated carbocycles. The van der Waals surface area contributed by atoms with Gasteiger partial charge in [0.2, 0.25) is 5.91 Å². The third-order valence-corrected chi connectivity index (χ3v) is 4.34. The molecular formula is C15H20N2O3S. The summed E-state index contributed by atoms with van der Waals surface area (Å²) in [6.45, 7) is 0.599. The molecule has 1 atom stereocenters. The van der Waals surface area contributed by atoms with Crippen LogP contribution < -0.4 is 10.6 Å². The van der Waals surface area contributed by atoms with Crippen LogP contribution in [0.25, 0.3) is 0 Å². The van der Waals surface area contributed by atoms with Crippen molar-refractivity contribution in [2.24, 2.45) is 5.73 Å². The van der Waals surface area contributed by atoms with Crippen molar-refractivity contribution in [1.82, 2.24) is 0 Å². The van der Waals surface area contributed by atoms with Crippen molar-refractivity contribution in [3.63, 3.8) is 0 Å². The molecule has 2 rings (SSSR count). The number of carboxylic acid groups (broad SMARTS) is 1. The summed E-state index contributed by atoms with van der Waals surface area (Å²) in [5, 5.41) is 9.26. The first-order chi connectivity index (χ1) is 10.1. The summed E-state index contributed by atoms with van der Waals surface area (Å²) in [7, 11) is 0. The van der Waals surface area contributed by atoms with Crippen molar-refractivity contribution in [2.75, 3.05) is 23.5 Å². The third kappa shape index (κ3) is 3.39. The minimum atomic E-state index is -0.951. The van der Waals surface area contributed by atoms with Gasteiger partial charge >= 0.3 is 5.97 Å². The van der Waals surface area contributed by atoms with Gasteiger partial charge in [-0.2, -0.15) is 11.8 Å². The lowest BCUT2D eigenvalue weighted by atomic mass is 9.95. The highest BCUT2D eigenvalue weighted by atomic mass is 32.2. The van der Waals surface area contributed by atoms with Gasteiger partial charge in [0.1, 0.15) is 0 Å². The predicted molar refractivity (Wildman–Crippen MR) is 85.0 cm³/mol. The Bertz CT molecular complexity index is 548. The summed E-state index contributed by atoms with van der Waals surface area (Å²) in [4.78, 5) is 25.4. The fourth-order valence-corrected chi connectivity index (χ4v) is 3.11. The first-order valence-corrected chi connectivity index (χ1v) is 8.36. The summed E-state index contributed by atoms with van der Waals surface area (Å²) in [5.41, 5.74) is 7.69. The zero-order valence-electron chi connectivity index (χ0n) is 12.0. The number of carboxylic acids is 1. The van der Waals surface area contributed by atoms with Gasteiger partial charge in [-0.25, -0.2) is 4.79 Å². The second-order valence-electron chi connectivity index (χ2n) is 5.09. The lowest BCUT2D eigenvalue weighted by molar-refractivity contribution is -0.120. The Hall–Kier alpha value is -1.53. The van der Waals surface area contributed by atoms with Gasteiger partial charge in [0.25, 0.3) is 0 Å². The Kier molecular flexibility index (Phi) is 5.25. The molecule has 1 aromatic carbocycles. The SMILES string of the molecule is CSCC[C@H](N)C(=O)N1CCCc2c(C(=O)O)cccc21. The molecule has 6 heteroatoms. The van der Waals surface area contributed by atoms with Gasteiger partial charge in [-0.1, -0.05) is 6.07 Å². The molecule has 0 fully saturated rings. The Morgan fingerprint density at radius 1 is 1.48 bits per heavy atom. The average molecular weight is 308 g/mol. The van der Waals surface area contributed by atoms with E-state index in [4.69, 9.17) is 5.73 Å². The summed E-state index contributed by atoms with van der Waals surface area (Å²) in [6, 6.07) is 4.54. The molecule has 1 aliphatic heterocycles. The van der Waals surface area contributed by atoms with E-state index in [-0.39, 0.29) is 11.5 Å². The number of aromatic carboxylic acids is 1. The van der Waals surface area contributed by atoms with Gasteiger partial charge in [0.15, 0.2) is 0 Å². The van der Waals surface area contributed by atoms with Crippen LogP contribution in [0.4, 0.5) is 5.69 Å². The number of amides is 1. The van der Waals surface area contributed by atoms with Crippen LogP contribution >= 0.6 is 11.8 Å². The molecule has 0 aromatic heterocycles. The molecule has 0 radical (unpaired) electrons. The number of nitrogens with zero attached hydrogens (tertiary/aromatic N) is 1. The standard InChI is InChI=1S/C15H20N2O3S/c1-21-9-7-12(16)14(18)17-8-3-5-10-11(15(19)20)4-2-6-13(10)17/h2,4,6,12H,3,5,7-9,16H2,1H3,(H,19,20)/t12-/m0/s1. The number of hydrogen-bond acceptors (Lipinski definition) is 4. The summed E-state index contributed by atoms with van der Waals surface area (Å²) in [6.07, 6.45) is 4.05. The lowest BCUT2D eigenvalue weighted by Crippen LogP contribution is -2.46. The number of anilines is 1. The van der Waals surface area contributed by atoms with Crippen LogP contribution in [0, 0.1) is 0 Å². The second-order valence-corrected chi connectivity index (χ2v) is 6.08. The second kappa shape index (κ2) is 6.95. The van der Waals surface area contributed by atoms with Crippen molar-refractivity contribution in [2.45, 2.75) is 25.3 Å². The van der Waals surface area contributed by atoms with E-state index < -0.39 is 12.0 Å². The number of fused-ring (bicyclic) bond motifs is 1. The first-order valence-electron chi connectivity index (χ1n) is 6.97. The molecule has 1 heterocycles. The monoisotopic (exact) mass is 308 g/mol. The van der Waals surface area contributed by atoms with E-state index in [2.05, 4.69) is 0 Å². The van der Waals surface area contributed by atoms with E-state index in [0.29, 0.717) is 25.1 Å². The van der Waals surface area contributed by atoms with E-state index in [0.717, 1.165) is 17.7 Å².